The zero-order chi connectivity index (χ0) is 15.5. The van der Waals surface area contributed by atoms with Crippen LogP contribution in [0.2, 0.25) is 0 Å². The second-order valence-electron chi connectivity index (χ2n) is 5.98. The molecule has 2 aromatic rings. The Bertz CT molecular complexity index is 621. The highest BCUT2D eigenvalue weighted by Gasteiger charge is 2.10. The first-order valence-corrected chi connectivity index (χ1v) is 6.83. The van der Waals surface area contributed by atoms with Crippen LogP contribution < -0.4 is 5.32 Å². The quantitative estimate of drug-likeness (QED) is 0.939. The van der Waals surface area contributed by atoms with Crippen LogP contribution in [0.5, 0.6) is 0 Å². The molecule has 0 aliphatic carbocycles. The monoisotopic (exact) mass is 291 g/mol. The minimum Gasteiger partial charge on any atom is -0.306 e. The zero-order valence-corrected chi connectivity index (χ0v) is 12.5. The van der Waals surface area contributed by atoms with E-state index in [0.717, 1.165) is 11.8 Å². The van der Waals surface area contributed by atoms with Gasteiger partial charge in [-0.3, -0.25) is 0 Å². The number of aromatic nitrogens is 2. The molecule has 0 aliphatic heterocycles. The van der Waals surface area contributed by atoms with Crippen molar-refractivity contribution in [2.24, 2.45) is 0 Å². The highest BCUT2D eigenvalue weighted by atomic mass is 19.1. The topological polar surface area (TPSA) is 37.8 Å². The van der Waals surface area contributed by atoms with Crippen molar-refractivity contribution in [3.8, 4) is 0 Å². The number of nitrogens with one attached hydrogen (secondary N) is 1. The average Bonchev–Trinajstić information content (AvgIpc) is 2.39. The number of hydrogen-bond acceptors (Lipinski definition) is 3. The number of hydrogen-bond donors (Lipinski definition) is 1. The van der Waals surface area contributed by atoms with E-state index in [1.807, 2.05) is 6.07 Å². The van der Waals surface area contributed by atoms with E-state index in [2.05, 4.69) is 36.1 Å². The third-order valence-corrected chi connectivity index (χ3v) is 2.93. The molecule has 0 spiro atoms. The molecule has 0 amide bonds. The van der Waals surface area contributed by atoms with Crippen LogP contribution in [0.1, 0.15) is 37.9 Å². The highest BCUT2D eigenvalue weighted by Crippen LogP contribution is 2.13. The van der Waals surface area contributed by atoms with Gasteiger partial charge in [0.15, 0.2) is 0 Å². The predicted octanol–water partition coefficient (Wildman–Crippen LogP) is 3.23. The molecule has 3 nitrogen and oxygen atoms in total. The molecule has 5 heteroatoms. The van der Waals surface area contributed by atoms with Gasteiger partial charge in [0.05, 0.1) is 5.69 Å². The molecule has 0 bridgehead atoms. The average molecular weight is 291 g/mol. The maximum Gasteiger partial charge on any atom is 0.133 e. The summed E-state index contributed by atoms with van der Waals surface area (Å²) in [5.74, 6) is -0.633. The molecule has 0 atom stereocenters. The van der Waals surface area contributed by atoms with Crippen molar-refractivity contribution in [3.63, 3.8) is 0 Å². The summed E-state index contributed by atoms with van der Waals surface area (Å²) in [5, 5.41) is 3.33. The van der Waals surface area contributed by atoms with Crippen LogP contribution in [0.15, 0.2) is 30.5 Å². The Kier molecular flexibility index (Phi) is 4.63. The summed E-state index contributed by atoms with van der Waals surface area (Å²) >= 11 is 0. The lowest BCUT2D eigenvalue weighted by molar-refractivity contribution is 0.420. The second kappa shape index (κ2) is 6.26. The summed E-state index contributed by atoms with van der Waals surface area (Å²) in [6.07, 6.45) is 1.90. The smallest absolute Gasteiger partial charge is 0.133 e. The van der Waals surface area contributed by atoms with Gasteiger partial charge >= 0.3 is 0 Å². The van der Waals surface area contributed by atoms with Gasteiger partial charge in [0.1, 0.15) is 17.5 Å². The molecule has 0 aliphatic rings. The van der Waals surface area contributed by atoms with E-state index >= 15 is 0 Å². The lowest BCUT2D eigenvalue weighted by Crippen LogP contribution is -2.35. The molecule has 0 radical (unpaired) electrons. The maximum absolute atomic E-state index is 13.6. The molecule has 0 saturated carbocycles. The van der Waals surface area contributed by atoms with Crippen molar-refractivity contribution in [3.05, 3.63) is 59.2 Å². The first kappa shape index (κ1) is 15.5. The maximum atomic E-state index is 13.6. The van der Waals surface area contributed by atoms with Gasteiger partial charge in [-0.2, -0.15) is 0 Å². The Morgan fingerprint density at radius 1 is 1.14 bits per heavy atom. The minimum atomic E-state index is -0.583. The van der Waals surface area contributed by atoms with Gasteiger partial charge in [-0.05, 0) is 38.5 Å². The SMILES string of the molecule is CC(C)(C)NCc1ccnc(Cc2ccc(F)cc2F)n1. The summed E-state index contributed by atoms with van der Waals surface area (Å²) < 4.78 is 26.5. The zero-order valence-electron chi connectivity index (χ0n) is 12.5. The number of benzene rings is 1. The van der Waals surface area contributed by atoms with Crippen molar-refractivity contribution in [2.75, 3.05) is 0 Å². The van der Waals surface area contributed by atoms with Crippen LogP contribution in [-0.2, 0) is 13.0 Å². The minimum absolute atomic E-state index is 0.00578. The number of halogens is 2. The first-order chi connectivity index (χ1) is 9.83. The van der Waals surface area contributed by atoms with Crippen LogP contribution in [0.4, 0.5) is 8.78 Å². The van der Waals surface area contributed by atoms with Crippen LogP contribution in [0, 0.1) is 11.6 Å². The fourth-order valence-corrected chi connectivity index (χ4v) is 1.82. The second-order valence-corrected chi connectivity index (χ2v) is 5.98. The molecular formula is C16H19F2N3. The van der Waals surface area contributed by atoms with Gasteiger partial charge < -0.3 is 5.32 Å². The molecule has 1 heterocycles. The summed E-state index contributed by atoms with van der Waals surface area (Å²) in [6.45, 7) is 6.83. The Morgan fingerprint density at radius 3 is 2.57 bits per heavy atom. The molecule has 21 heavy (non-hydrogen) atoms. The summed E-state index contributed by atoms with van der Waals surface area (Å²) in [6, 6.07) is 5.36. The van der Waals surface area contributed by atoms with Crippen LogP contribution >= 0.6 is 0 Å². The third kappa shape index (κ3) is 4.86. The van der Waals surface area contributed by atoms with E-state index in [1.165, 1.54) is 12.1 Å². The van der Waals surface area contributed by atoms with Gasteiger partial charge in [-0.1, -0.05) is 6.07 Å². The van der Waals surface area contributed by atoms with E-state index in [-0.39, 0.29) is 12.0 Å². The summed E-state index contributed by atoms with van der Waals surface area (Å²) in [7, 11) is 0. The third-order valence-electron chi connectivity index (χ3n) is 2.93. The van der Waals surface area contributed by atoms with Crippen molar-refractivity contribution >= 4 is 0 Å². The van der Waals surface area contributed by atoms with E-state index in [1.54, 1.807) is 6.20 Å². The molecule has 2 rings (SSSR count). The fraction of sp³-hybridized carbons (Fsp3) is 0.375. The Balaban J connectivity index is 2.10. The van der Waals surface area contributed by atoms with Gasteiger partial charge in [0.2, 0.25) is 0 Å². The van der Waals surface area contributed by atoms with Crippen molar-refractivity contribution in [2.45, 2.75) is 39.3 Å². The van der Waals surface area contributed by atoms with Crippen molar-refractivity contribution < 1.29 is 8.78 Å². The largest absolute Gasteiger partial charge is 0.306 e. The van der Waals surface area contributed by atoms with Crippen LogP contribution in [-0.4, -0.2) is 15.5 Å². The molecule has 112 valence electrons. The molecule has 1 aromatic carbocycles. The normalized spacial score (nSPS) is 11.7. The van der Waals surface area contributed by atoms with E-state index < -0.39 is 11.6 Å². The van der Waals surface area contributed by atoms with Crippen molar-refractivity contribution in [1.29, 1.82) is 0 Å². The number of rotatable bonds is 4. The lowest BCUT2D eigenvalue weighted by atomic mass is 10.1. The Hall–Kier alpha value is -1.88. The van der Waals surface area contributed by atoms with E-state index in [9.17, 15) is 8.78 Å². The lowest BCUT2D eigenvalue weighted by Gasteiger charge is -2.20. The van der Waals surface area contributed by atoms with Crippen LogP contribution in [0.3, 0.4) is 0 Å². The fourth-order valence-electron chi connectivity index (χ4n) is 1.82. The first-order valence-electron chi connectivity index (χ1n) is 6.83. The van der Waals surface area contributed by atoms with E-state index in [0.29, 0.717) is 17.9 Å². The van der Waals surface area contributed by atoms with Gasteiger partial charge in [0, 0.05) is 30.8 Å². The summed E-state index contributed by atoms with van der Waals surface area (Å²) in [5.41, 5.74) is 1.23. The Labute approximate surface area is 123 Å². The van der Waals surface area contributed by atoms with Gasteiger partial charge in [-0.25, -0.2) is 18.7 Å². The van der Waals surface area contributed by atoms with Crippen molar-refractivity contribution in [1.82, 2.24) is 15.3 Å². The molecule has 1 N–H and O–H groups in total. The molecular weight excluding hydrogens is 272 g/mol. The summed E-state index contributed by atoms with van der Waals surface area (Å²) in [4.78, 5) is 8.54. The highest BCUT2D eigenvalue weighted by molar-refractivity contribution is 5.22. The molecule has 0 fully saturated rings. The molecule has 0 unspecified atom stereocenters. The number of nitrogens with zero attached hydrogens (tertiary/aromatic N) is 2. The van der Waals surface area contributed by atoms with Gasteiger partial charge in [-0.15, -0.1) is 0 Å². The van der Waals surface area contributed by atoms with Crippen LogP contribution in [0.25, 0.3) is 0 Å². The standard InChI is InChI=1S/C16H19F2N3/c1-16(2,3)20-10-13-6-7-19-15(21-13)8-11-4-5-12(17)9-14(11)18/h4-7,9,20H,8,10H2,1-3H3. The predicted molar refractivity (Wildman–Crippen MR) is 77.8 cm³/mol. The van der Waals surface area contributed by atoms with Gasteiger partial charge in [0.25, 0.3) is 0 Å². The molecule has 1 aromatic heterocycles. The Morgan fingerprint density at radius 2 is 1.90 bits per heavy atom. The molecule has 0 saturated heterocycles. The van der Waals surface area contributed by atoms with E-state index in [4.69, 9.17) is 0 Å².